The Kier molecular flexibility index (Phi) is 3.11. The van der Waals surface area contributed by atoms with Crippen molar-refractivity contribution >= 4 is 15.9 Å². The molecular weight excluding hydrogens is 326 g/mol. The van der Waals surface area contributed by atoms with Crippen molar-refractivity contribution in [2.75, 3.05) is 0 Å². The van der Waals surface area contributed by atoms with Crippen molar-refractivity contribution in [1.29, 1.82) is 0 Å². The van der Waals surface area contributed by atoms with Gasteiger partial charge in [0.15, 0.2) is 11.5 Å². The molecule has 0 saturated heterocycles. The van der Waals surface area contributed by atoms with E-state index in [1.807, 2.05) is 6.07 Å². The number of nitrogens with zero attached hydrogens (tertiary/aromatic N) is 3. The van der Waals surface area contributed by atoms with Gasteiger partial charge in [-0.3, -0.25) is 4.98 Å². The molecule has 100 valence electrons. The molecule has 6 nitrogen and oxygen atoms in total. The van der Waals surface area contributed by atoms with Crippen molar-refractivity contribution in [2.24, 2.45) is 0 Å². The summed E-state index contributed by atoms with van der Waals surface area (Å²) in [5.41, 5.74) is 1.09. The zero-order valence-electron chi connectivity index (χ0n) is 9.99. The molecule has 7 heteroatoms. The highest BCUT2D eigenvalue weighted by Crippen LogP contribution is 2.30. The summed E-state index contributed by atoms with van der Waals surface area (Å²) in [6.07, 6.45) is 1.64. The first kappa shape index (κ1) is 12.6. The van der Waals surface area contributed by atoms with Crippen molar-refractivity contribution < 1.29 is 14.7 Å². The first-order valence-corrected chi connectivity index (χ1v) is 6.41. The molecule has 2 heterocycles. The van der Waals surface area contributed by atoms with E-state index < -0.39 is 0 Å². The summed E-state index contributed by atoms with van der Waals surface area (Å²) in [6.45, 7) is 0. The van der Waals surface area contributed by atoms with Crippen LogP contribution in [0.5, 0.6) is 11.5 Å². The Morgan fingerprint density at radius 2 is 1.90 bits per heavy atom. The highest BCUT2D eigenvalue weighted by atomic mass is 79.9. The van der Waals surface area contributed by atoms with Crippen molar-refractivity contribution in [1.82, 2.24) is 15.1 Å². The van der Waals surface area contributed by atoms with Crippen molar-refractivity contribution in [3.05, 3.63) is 41.0 Å². The highest BCUT2D eigenvalue weighted by Gasteiger charge is 2.13. The lowest BCUT2D eigenvalue weighted by Crippen LogP contribution is -1.85. The standard InChI is InChI=1S/C13H8BrN3O3/c14-8-2-3-9(15-6-8)12-16-13(20-17-12)7-1-4-10(18)11(19)5-7/h1-6,18-19H. The molecule has 2 aromatic heterocycles. The summed E-state index contributed by atoms with van der Waals surface area (Å²) in [5, 5.41) is 22.6. The van der Waals surface area contributed by atoms with Crippen molar-refractivity contribution in [3.63, 3.8) is 0 Å². The van der Waals surface area contributed by atoms with Crippen LogP contribution in [-0.4, -0.2) is 25.3 Å². The minimum Gasteiger partial charge on any atom is -0.504 e. The lowest BCUT2D eigenvalue weighted by Gasteiger charge is -1.98. The molecule has 0 fully saturated rings. The van der Waals surface area contributed by atoms with Gasteiger partial charge >= 0.3 is 0 Å². The number of benzene rings is 1. The summed E-state index contributed by atoms with van der Waals surface area (Å²) >= 11 is 3.30. The number of hydrogen-bond donors (Lipinski definition) is 2. The Labute approximate surface area is 121 Å². The van der Waals surface area contributed by atoms with Gasteiger partial charge in [-0.1, -0.05) is 5.16 Å². The topological polar surface area (TPSA) is 92.3 Å². The van der Waals surface area contributed by atoms with Gasteiger partial charge in [0.2, 0.25) is 5.82 Å². The van der Waals surface area contributed by atoms with E-state index in [0.29, 0.717) is 17.1 Å². The van der Waals surface area contributed by atoms with Crippen LogP contribution in [-0.2, 0) is 0 Å². The van der Waals surface area contributed by atoms with Crippen LogP contribution in [0.3, 0.4) is 0 Å². The maximum absolute atomic E-state index is 9.46. The van der Waals surface area contributed by atoms with Crippen molar-refractivity contribution in [2.45, 2.75) is 0 Å². The molecular formula is C13H8BrN3O3. The van der Waals surface area contributed by atoms with E-state index in [-0.39, 0.29) is 17.4 Å². The Bertz CT molecular complexity index is 756. The van der Waals surface area contributed by atoms with Crippen LogP contribution in [0.25, 0.3) is 23.0 Å². The number of halogens is 1. The van der Waals surface area contributed by atoms with E-state index in [1.165, 1.54) is 12.1 Å². The summed E-state index contributed by atoms with van der Waals surface area (Å²) in [6, 6.07) is 7.85. The zero-order valence-corrected chi connectivity index (χ0v) is 11.6. The molecule has 0 atom stereocenters. The van der Waals surface area contributed by atoms with E-state index >= 15 is 0 Å². The Morgan fingerprint density at radius 1 is 1.05 bits per heavy atom. The van der Waals surface area contributed by atoms with Gasteiger partial charge in [-0.2, -0.15) is 4.98 Å². The van der Waals surface area contributed by atoms with E-state index in [1.54, 1.807) is 18.3 Å². The molecule has 0 aliphatic rings. The third-order valence-electron chi connectivity index (χ3n) is 2.60. The molecule has 3 aromatic rings. The van der Waals surface area contributed by atoms with Gasteiger partial charge in [0.05, 0.1) is 0 Å². The normalized spacial score (nSPS) is 10.7. The fourth-order valence-electron chi connectivity index (χ4n) is 1.61. The maximum Gasteiger partial charge on any atom is 0.258 e. The number of phenols is 2. The molecule has 2 N–H and O–H groups in total. The minimum atomic E-state index is -0.246. The van der Waals surface area contributed by atoms with E-state index in [4.69, 9.17) is 4.52 Å². The second kappa shape index (κ2) is 4.93. The average Bonchev–Trinajstić information content (AvgIpc) is 2.92. The number of aromatic nitrogens is 3. The fraction of sp³-hybridized carbons (Fsp3) is 0. The van der Waals surface area contributed by atoms with Crippen LogP contribution in [0, 0.1) is 0 Å². The first-order chi connectivity index (χ1) is 9.63. The molecule has 0 bridgehead atoms. The van der Waals surface area contributed by atoms with Gasteiger partial charge in [-0.15, -0.1) is 0 Å². The summed E-state index contributed by atoms with van der Waals surface area (Å²) in [4.78, 5) is 8.37. The molecule has 1 aromatic carbocycles. The smallest absolute Gasteiger partial charge is 0.258 e. The quantitative estimate of drug-likeness (QED) is 0.700. The summed E-state index contributed by atoms with van der Waals surface area (Å²) in [7, 11) is 0. The van der Waals surface area contributed by atoms with E-state index in [0.717, 1.165) is 4.47 Å². The van der Waals surface area contributed by atoms with Crippen molar-refractivity contribution in [3.8, 4) is 34.5 Å². The summed E-state index contributed by atoms with van der Waals surface area (Å²) in [5.74, 6) is 0.132. The second-order valence-corrected chi connectivity index (χ2v) is 4.90. The molecule has 0 aliphatic carbocycles. The Morgan fingerprint density at radius 3 is 2.60 bits per heavy atom. The fourth-order valence-corrected chi connectivity index (χ4v) is 1.84. The third kappa shape index (κ3) is 2.35. The third-order valence-corrected chi connectivity index (χ3v) is 3.07. The van der Waals surface area contributed by atoms with Crippen LogP contribution in [0.1, 0.15) is 0 Å². The number of aromatic hydroxyl groups is 2. The predicted octanol–water partition coefficient (Wildman–Crippen LogP) is 2.97. The lowest BCUT2D eigenvalue weighted by molar-refractivity contribution is 0.402. The number of rotatable bonds is 2. The van der Waals surface area contributed by atoms with Gasteiger partial charge in [-0.25, -0.2) is 0 Å². The first-order valence-electron chi connectivity index (χ1n) is 5.61. The van der Waals surface area contributed by atoms with Gasteiger partial charge in [0, 0.05) is 16.2 Å². The molecule has 0 aliphatic heterocycles. The summed E-state index contributed by atoms with van der Waals surface area (Å²) < 4.78 is 5.98. The zero-order chi connectivity index (χ0) is 14.1. The number of pyridine rings is 1. The predicted molar refractivity (Wildman–Crippen MR) is 74.0 cm³/mol. The van der Waals surface area contributed by atoms with Gasteiger partial charge in [0.1, 0.15) is 5.69 Å². The van der Waals surface area contributed by atoms with Gasteiger partial charge < -0.3 is 14.7 Å². The van der Waals surface area contributed by atoms with E-state index in [9.17, 15) is 10.2 Å². The molecule has 0 spiro atoms. The molecule has 0 unspecified atom stereocenters. The Balaban J connectivity index is 1.97. The largest absolute Gasteiger partial charge is 0.504 e. The Hall–Kier alpha value is -2.41. The van der Waals surface area contributed by atoms with Gasteiger partial charge in [0.25, 0.3) is 5.89 Å². The minimum absolute atomic E-state index is 0.205. The van der Waals surface area contributed by atoms with Crippen LogP contribution < -0.4 is 0 Å². The van der Waals surface area contributed by atoms with Crippen LogP contribution >= 0.6 is 15.9 Å². The SMILES string of the molecule is Oc1ccc(-c2nc(-c3ccc(Br)cn3)no2)cc1O. The molecule has 0 radical (unpaired) electrons. The number of phenolic OH excluding ortho intramolecular Hbond substituents is 2. The monoisotopic (exact) mass is 333 g/mol. The lowest BCUT2D eigenvalue weighted by atomic mass is 10.2. The van der Waals surface area contributed by atoms with Crippen LogP contribution in [0.15, 0.2) is 45.5 Å². The van der Waals surface area contributed by atoms with Crippen LogP contribution in [0.2, 0.25) is 0 Å². The average molecular weight is 334 g/mol. The van der Waals surface area contributed by atoms with Crippen LogP contribution in [0.4, 0.5) is 0 Å². The van der Waals surface area contributed by atoms with Gasteiger partial charge in [-0.05, 0) is 46.3 Å². The second-order valence-electron chi connectivity index (χ2n) is 3.99. The van der Waals surface area contributed by atoms with E-state index in [2.05, 4.69) is 31.1 Å². The molecule has 20 heavy (non-hydrogen) atoms. The maximum atomic E-state index is 9.46. The highest BCUT2D eigenvalue weighted by molar-refractivity contribution is 9.10. The number of hydrogen-bond acceptors (Lipinski definition) is 6. The molecule has 0 amide bonds. The molecule has 3 rings (SSSR count). The molecule has 0 saturated carbocycles.